The van der Waals surface area contributed by atoms with Crippen molar-refractivity contribution in [3.05, 3.63) is 23.8 Å². The van der Waals surface area contributed by atoms with Gasteiger partial charge in [0.15, 0.2) is 9.84 Å². The van der Waals surface area contributed by atoms with Gasteiger partial charge in [0.1, 0.15) is 4.99 Å². The molecule has 0 aromatic heterocycles. The Labute approximate surface area is 124 Å². The van der Waals surface area contributed by atoms with Crippen LogP contribution in [0.5, 0.6) is 0 Å². The van der Waals surface area contributed by atoms with Crippen LogP contribution in [0.25, 0.3) is 0 Å². The highest BCUT2D eigenvalue weighted by molar-refractivity contribution is 7.98. The van der Waals surface area contributed by atoms with Gasteiger partial charge < -0.3 is 11.1 Å². The molecule has 0 aliphatic rings. The fourth-order valence-electron chi connectivity index (χ4n) is 1.59. The predicted octanol–water partition coefficient (Wildman–Crippen LogP) is 1.89. The van der Waals surface area contributed by atoms with Crippen LogP contribution in [0.4, 0.5) is 5.69 Å². The van der Waals surface area contributed by atoms with Crippen LogP contribution in [-0.2, 0) is 9.84 Å². The van der Waals surface area contributed by atoms with Crippen molar-refractivity contribution in [3.63, 3.8) is 0 Å². The molecule has 0 saturated carbocycles. The Morgan fingerprint density at radius 3 is 2.68 bits per heavy atom. The van der Waals surface area contributed by atoms with Crippen LogP contribution in [0.15, 0.2) is 23.1 Å². The molecule has 0 bridgehead atoms. The summed E-state index contributed by atoms with van der Waals surface area (Å²) in [5, 5.41) is 3.10. The summed E-state index contributed by atoms with van der Waals surface area (Å²) in [6, 6.07) is 5.68. The third-order valence-electron chi connectivity index (χ3n) is 2.66. The molecule has 0 saturated heterocycles. The van der Waals surface area contributed by atoms with E-state index in [2.05, 4.69) is 5.32 Å². The van der Waals surface area contributed by atoms with Crippen LogP contribution >= 0.6 is 24.0 Å². The molecule has 0 aliphatic carbocycles. The number of hydrogen-bond donors (Lipinski definition) is 2. The normalized spacial score (nSPS) is 11.3. The number of rotatable bonds is 7. The van der Waals surface area contributed by atoms with Crippen LogP contribution in [0, 0.1) is 0 Å². The molecule has 0 radical (unpaired) electrons. The molecule has 1 rings (SSSR count). The highest BCUT2D eigenvalue weighted by atomic mass is 32.2. The van der Waals surface area contributed by atoms with Crippen LogP contribution in [0.1, 0.15) is 12.5 Å². The van der Waals surface area contributed by atoms with Gasteiger partial charge >= 0.3 is 0 Å². The van der Waals surface area contributed by atoms with Crippen LogP contribution in [0.2, 0.25) is 0 Å². The van der Waals surface area contributed by atoms with E-state index in [-0.39, 0.29) is 11.5 Å². The summed E-state index contributed by atoms with van der Waals surface area (Å²) in [4.78, 5) is 1.29. The van der Waals surface area contributed by atoms with Crippen LogP contribution in [0.3, 0.4) is 0 Å². The quantitative estimate of drug-likeness (QED) is 0.591. The molecule has 0 unspecified atom stereocenters. The second-order valence-corrected chi connectivity index (χ2v) is 7.67. The van der Waals surface area contributed by atoms with E-state index in [0.29, 0.717) is 11.5 Å². The summed E-state index contributed by atoms with van der Waals surface area (Å²) in [5.41, 5.74) is 7.29. The van der Waals surface area contributed by atoms with Gasteiger partial charge in [-0.2, -0.15) is 0 Å². The van der Waals surface area contributed by atoms with Crippen LogP contribution < -0.4 is 11.1 Å². The van der Waals surface area contributed by atoms with Gasteiger partial charge in [-0.25, -0.2) is 8.42 Å². The number of benzene rings is 1. The number of thioether (sulfide) groups is 1. The molecular formula is C12H18N2O2S3. The van der Waals surface area contributed by atoms with Gasteiger partial charge in [-0.1, -0.05) is 25.2 Å². The number of nitrogens with one attached hydrogen (secondary N) is 1. The van der Waals surface area contributed by atoms with Crippen molar-refractivity contribution < 1.29 is 8.42 Å². The van der Waals surface area contributed by atoms with Crippen molar-refractivity contribution in [1.29, 1.82) is 0 Å². The molecular weight excluding hydrogens is 300 g/mol. The Morgan fingerprint density at radius 2 is 2.16 bits per heavy atom. The average Bonchev–Trinajstić information content (AvgIpc) is 2.37. The highest BCUT2D eigenvalue weighted by Crippen LogP contribution is 2.26. The fraction of sp³-hybridized carbons (Fsp3) is 0.417. The molecule has 0 fully saturated rings. The fourth-order valence-corrected chi connectivity index (χ4v) is 3.21. The molecule has 4 nitrogen and oxygen atoms in total. The smallest absolute Gasteiger partial charge is 0.151 e. The summed E-state index contributed by atoms with van der Waals surface area (Å²) in [6.45, 7) is 1.99. The highest BCUT2D eigenvalue weighted by Gasteiger charge is 2.12. The maximum Gasteiger partial charge on any atom is 0.151 e. The molecule has 7 heteroatoms. The summed E-state index contributed by atoms with van der Waals surface area (Å²) < 4.78 is 22.9. The minimum absolute atomic E-state index is 0.101. The largest absolute Gasteiger partial charge is 0.389 e. The van der Waals surface area contributed by atoms with Gasteiger partial charge in [0.25, 0.3) is 0 Å². The molecule has 1 aromatic carbocycles. The van der Waals surface area contributed by atoms with E-state index in [1.54, 1.807) is 18.7 Å². The Kier molecular flexibility index (Phi) is 6.09. The molecule has 19 heavy (non-hydrogen) atoms. The van der Waals surface area contributed by atoms with Crippen molar-refractivity contribution in [2.45, 2.75) is 11.8 Å². The van der Waals surface area contributed by atoms with Gasteiger partial charge in [0, 0.05) is 28.4 Å². The van der Waals surface area contributed by atoms with E-state index in [1.165, 1.54) is 0 Å². The zero-order valence-electron chi connectivity index (χ0n) is 11.0. The first kappa shape index (κ1) is 16.3. The van der Waals surface area contributed by atoms with Crippen molar-refractivity contribution in [2.75, 3.05) is 29.6 Å². The lowest BCUT2D eigenvalue weighted by molar-refractivity contribution is 0.597. The summed E-state index contributed by atoms with van der Waals surface area (Å²) in [5.74, 6) is 0.255. The Bertz CT molecular complexity index is 556. The topological polar surface area (TPSA) is 72.2 Å². The van der Waals surface area contributed by atoms with Gasteiger partial charge in [-0.15, -0.1) is 11.8 Å². The maximum atomic E-state index is 11.4. The van der Waals surface area contributed by atoms with E-state index in [0.717, 1.165) is 16.1 Å². The zero-order valence-corrected chi connectivity index (χ0v) is 13.4. The number of nitrogens with two attached hydrogens (primary N) is 1. The van der Waals surface area contributed by atoms with Crippen molar-refractivity contribution in [2.24, 2.45) is 5.73 Å². The van der Waals surface area contributed by atoms with Gasteiger partial charge in [0.05, 0.1) is 5.75 Å². The van der Waals surface area contributed by atoms with Gasteiger partial charge in [-0.05, 0) is 18.4 Å². The van der Waals surface area contributed by atoms with Crippen molar-refractivity contribution in [3.8, 4) is 0 Å². The second kappa shape index (κ2) is 7.12. The summed E-state index contributed by atoms with van der Waals surface area (Å²) in [7, 11) is -2.97. The number of sulfone groups is 1. The number of hydrogen-bond acceptors (Lipinski definition) is 5. The molecule has 0 aliphatic heterocycles. The third-order valence-corrected chi connectivity index (χ3v) is 5.35. The molecule has 1 aromatic rings. The second-order valence-electron chi connectivity index (χ2n) is 3.91. The molecule has 106 valence electrons. The lowest BCUT2D eigenvalue weighted by Gasteiger charge is -2.14. The first-order valence-corrected chi connectivity index (χ1v) is 9.27. The standard InChI is InChI=1S/C12H18N2O2S3/c1-3-19(15,16)8-7-14-9-5-4-6-10(18-2)11(9)12(13)17/h4-6,14H,3,7-8H2,1-2H3,(H2,13,17). The zero-order chi connectivity index (χ0) is 14.5. The van der Waals surface area contributed by atoms with E-state index in [9.17, 15) is 8.42 Å². The lowest BCUT2D eigenvalue weighted by atomic mass is 10.1. The van der Waals surface area contributed by atoms with Crippen molar-refractivity contribution >= 4 is 44.5 Å². The summed E-state index contributed by atoms with van der Waals surface area (Å²) in [6.07, 6.45) is 1.95. The van der Waals surface area contributed by atoms with E-state index < -0.39 is 9.84 Å². The molecule has 0 amide bonds. The average molecular weight is 318 g/mol. The predicted molar refractivity (Wildman–Crippen MR) is 86.9 cm³/mol. The van der Waals surface area contributed by atoms with E-state index in [4.69, 9.17) is 18.0 Å². The molecule has 0 spiro atoms. The monoisotopic (exact) mass is 318 g/mol. The van der Waals surface area contributed by atoms with Crippen LogP contribution in [-0.4, -0.2) is 37.7 Å². The Hall–Kier alpha value is -0.790. The summed E-state index contributed by atoms with van der Waals surface area (Å²) >= 11 is 6.61. The Balaban J connectivity index is 2.87. The van der Waals surface area contributed by atoms with Crippen molar-refractivity contribution in [1.82, 2.24) is 0 Å². The SMILES string of the molecule is CCS(=O)(=O)CCNc1cccc(SC)c1C(N)=S. The lowest BCUT2D eigenvalue weighted by Crippen LogP contribution is -2.20. The first-order chi connectivity index (χ1) is 8.91. The molecule has 3 N–H and O–H groups in total. The first-order valence-electron chi connectivity index (χ1n) is 5.82. The number of anilines is 1. The molecule has 0 atom stereocenters. The number of thiocarbonyl (C=S) groups is 1. The van der Waals surface area contributed by atoms with Gasteiger partial charge in [0.2, 0.25) is 0 Å². The minimum Gasteiger partial charge on any atom is -0.389 e. The van der Waals surface area contributed by atoms with Gasteiger partial charge in [-0.3, -0.25) is 0 Å². The Morgan fingerprint density at radius 1 is 1.47 bits per heavy atom. The van der Waals surface area contributed by atoms with E-state index in [1.807, 2.05) is 24.5 Å². The maximum absolute atomic E-state index is 11.4. The third kappa shape index (κ3) is 4.67. The molecule has 0 heterocycles. The van der Waals surface area contributed by atoms with E-state index >= 15 is 0 Å². The minimum atomic E-state index is -2.97.